The zero-order valence-corrected chi connectivity index (χ0v) is 10.3. The lowest BCUT2D eigenvalue weighted by atomic mass is 9.84. The Kier molecular flexibility index (Phi) is 3.49. The Morgan fingerprint density at radius 3 is 2.81 bits per heavy atom. The molecule has 88 valence electrons. The molecule has 0 spiro atoms. The molecular formula is C14H21NO. The second kappa shape index (κ2) is 4.88. The maximum absolute atomic E-state index is 5.49. The number of methoxy groups -OCH3 is 1. The Morgan fingerprint density at radius 1 is 1.38 bits per heavy atom. The number of hydrogen-bond donors (Lipinski definition) is 1. The molecule has 1 saturated heterocycles. The summed E-state index contributed by atoms with van der Waals surface area (Å²) >= 11 is 0. The molecule has 0 aromatic heterocycles. The summed E-state index contributed by atoms with van der Waals surface area (Å²) in [5.74, 6) is 1.02. The Balaban J connectivity index is 2.38. The van der Waals surface area contributed by atoms with Crippen LogP contribution in [0.1, 0.15) is 38.2 Å². The lowest BCUT2D eigenvalue weighted by molar-refractivity contribution is 0.329. The largest absolute Gasteiger partial charge is 0.496 e. The fourth-order valence-corrected chi connectivity index (χ4v) is 2.85. The van der Waals surface area contributed by atoms with Gasteiger partial charge < -0.3 is 10.1 Å². The van der Waals surface area contributed by atoms with Crippen molar-refractivity contribution in [1.82, 2.24) is 5.32 Å². The summed E-state index contributed by atoms with van der Waals surface area (Å²) in [7, 11) is 1.76. The molecule has 1 fully saturated rings. The fraction of sp³-hybridized carbons (Fsp3) is 0.571. The van der Waals surface area contributed by atoms with E-state index in [1.807, 2.05) is 6.07 Å². The van der Waals surface area contributed by atoms with E-state index in [2.05, 4.69) is 30.4 Å². The van der Waals surface area contributed by atoms with Crippen molar-refractivity contribution in [3.8, 4) is 5.75 Å². The molecule has 1 aliphatic heterocycles. The highest BCUT2D eigenvalue weighted by Crippen LogP contribution is 2.39. The van der Waals surface area contributed by atoms with Gasteiger partial charge in [0, 0.05) is 11.1 Å². The highest BCUT2D eigenvalue weighted by Gasteiger charge is 2.36. The van der Waals surface area contributed by atoms with E-state index in [0.717, 1.165) is 12.3 Å². The Morgan fingerprint density at radius 2 is 2.19 bits per heavy atom. The third-order valence-corrected chi connectivity index (χ3v) is 3.54. The van der Waals surface area contributed by atoms with Gasteiger partial charge in [-0.1, -0.05) is 31.5 Å². The Hall–Kier alpha value is -1.02. The number of benzene rings is 1. The SMILES string of the molecule is CCCC1(c2ccccc2OC)CCCN1. The highest BCUT2D eigenvalue weighted by atomic mass is 16.5. The molecule has 1 heterocycles. The van der Waals surface area contributed by atoms with Crippen LogP contribution in [0.5, 0.6) is 5.75 Å². The van der Waals surface area contributed by atoms with Gasteiger partial charge in [-0.2, -0.15) is 0 Å². The smallest absolute Gasteiger partial charge is 0.123 e. The van der Waals surface area contributed by atoms with Crippen LogP contribution in [0.15, 0.2) is 24.3 Å². The van der Waals surface area contributed by atoms with Gasteiger partial charge in [0.25, 0.3) is 0 Å². The molecule has 1 aliphatic rings. The van der Waals surface area contributed by atoms with Crippen LogP contribution in [0.4, 0.5) is 0 Å². The molecule has 1 atom stereocenters. The first-order chi connectivity index (χ1) is 7.82. The van der Waals surface area contributed by atoms with Crippen molar-refractivity contribution in [2.24, 2.45) is 0 Å². The minimum absolute atomic E-state index is 0.154. The summed E-state index contributed by atoms with van der Waals surface area (Å²) in [6, 6.07) is 8.41. The van der Waals surface area contributed by atoms with E-state index in [-0.39, 0.29) is 5.54 Å². The van der Waals surface area contributed by atoms with E-state index in [1.54, 1.807) is 7.11 Å². The third-order valence-electron chi connectivity index (χ3n) is 3.54. The molecule has 1 aromatic rings. The molecule has 2 rings (SSSR count). The second-order valence-electron chi connectivity index (χ2n) is 4.56. The average Bonchev–Trinajstić information content (AvgIpc) is 2.79. The van der Waals surface area contributed by atoms with Gasteiger partial charge in [-0.25, -0.2) is 0 Å². The zero-order valence-electron chi connectivity index (χ0n) is 10.3. The first-order valence-corrected chi connectivity index (χ1v) is 6.21. The van der Waals surface area contributed by atoms with Crippen molar-refractivity contribution < 1.29 is 4.74 Å². The maximum Gasteiger partial charge on any atom is 0.123 e. The normalized spacial score (nSPS) is 24.6. The van der Waals surface area contributed by atoms with E-state index >= 15 is 0 Å². The van der Waals surface area contributed by atoms with E-state index in [4.69, 9.17) is 4.74 Å². The van der Waals surface area contributed by atoms with E-state index in [0.29, 0.717) is 0 Å². The van der Waals surface area contributed by atoms with E-state index < -0.39 is 0 Å². The average molecular weight is 219 g/mol. The summed E-state index contributed by atoms with van der Waals surface area (Å²) in [4.78, 5) is 0. The van der Waals surface area contributed by atoms with Crippen LogP contribution in [0.2, 0.25) is 0 Å². The molecule has 2 nitrogen and oxygen atoms in total. The number of ether oxygens (including phenoxy) is 1. The minimum Gasteiger partial charge on any atom is -0.496 e. The molecular weight excluding hydrogens is 198 g/mol. The lowest BCUT2D eigenvalue weighted by Crippen LogP contribution is -2.36. The van der Waals surface area contributed by atoms with Crippen molar-refractivity contribution in [3.05, 3.63) is 29.8 Å². The van der Waals surface area contributed by atoms with Gasteiger partial charge in [-0.15, -0.1) is 0 Å². The molecule has 16 heavy (non-hydrogen) atoms. The molecule has 0 radical (unpaired) electrons. The molecule has 0 saturated carbocycles. The maximum atomic E-state index is 5.49. The Labute approximate surface area is 98.0 Å². The molecule has 1 unspecified atom stereocenters. The van der Waals surface area contributed by atoms with Gasteiger partial charge in [0.05, 0.1) is 7.11 Å². The standard InChI is InChI=1S/C14H21NO/c1-3-9-14(10-6-11-15-14)12-7-4-5-8-13(12)16-2/h4-5,7-8,15H,3,6,9-11H2,1-2H3. The molecule has 0 bridgehead atoms. The van der Waals surface area contributed by atoms with Gasteiger partial charge in [-0.05, 0) is 31.9 Å². The summed E-state index contributed by atoms with van der Waals surface area (Å²) in [6.07, 6.45) is 4.87. The molecule has 1 aromatic carbocycles. The topological polar surface area (TPSA) is 21.3 Å². The van der Waals surface area contributed by atoms with Gasteiger partial charge in [0.2, 0.25) is 0 Å². The van der Waals surface area contributed by atoms with Crippen molar-refractivity contribution >= 4 is 0 Å². The van der Waals surface area contributed by atoms with Crippen molar-refractivity contribution in [2.75, 3.05) is 13.7 Å². The number of nitrogens with one attached hydrogen (secondary N) is 1. The molecule has 0 amide bonds. The number of rotatable bonds is 4. The highest BCUT2D eigenvalue weighted by molar-refractivity contribution is 5.39. The predicted octanol–water partition coefficient (Wildman–Crippen LogP) is 3.07. The quantitative estimate of drug-likeness (QED) is 0.840. The van der Waals surface area contributed by atoms with Crippen LogP contribution in [0, 0.1) is 0 Å². The Bertz CT molecular complexity index is 342. The number of para-hydroxylation sites is 1. The summed E-state index contributed by atoms with van der Waals surface area (Å²) < 4.78 is 5.49. The van der Waals surface area contributed by atoms with E-state index in [9.17, 15) is 0 Å². The van der Waals surface area contributed by atoms with Crippen LogP contribution in [-0.4, -0.2) is 13.7 Å². The van der Waals surface area contributed by atoms with Crippen LogP contribution < -0.4 is 10.1 Å². The lowest BCUT2D eigenvalue weighted by Gasteiger charge is -2.31. The summed E-state index contributed by atoms with van der Waals surface area (Å²) in [6.45, 7) is 3.37. The zero-order chi connectivity index (χ0) is 11.4. The van der Waals surface area contributed by atoms with Gasteiger partial charge >= 0.3 is 0 Å². The second-order valence-corrected chi connectivity index (χ2v) is 4.56. The van der Waals surface area contributed by atoms with E-state index in [1.165, 1.54) is 31.2 Å². The van der Waals surface area contributed by atoms with Gasteiger partial charge in [0.15, 0.2) is 0 Å². The molecule has 2 heteroatoms. The molecule has 1 N–H and O–H groups in total. The van der Waals surface area contributed by atoms with Crippen LogP contribution >= 0.6 is 0 Å². The van der Waals surface area contributed by atoms with Crippen molar-refractivity contribution in [1.29, 1.82) is 0 Å². The van der Waals surface area contributed by atoms with Crippen molar-refractivity contribution in [3.63, 3.8) is 0 Å². The summed E-state index contributed by atoms with van der Waals surface area (Å²) in [5, 5.41) is 3.68. The fourth-order valence-electron chi connectivity index (χ4n) is 2.85. The van der Waals surface area contributed by atoms with Crippen LogP contribution in [0.25, 0.3) is 0 Å². The first-order valence-electron chi connectivity index (χ1n) is 6.21. The molecule has 0 aliphatic carbocycles. The van der Waals surface area contributed by atoms with Crippen LogP contribution in [0.3, 0.4) is 0 Å². The monoisotopic (exact) mass is 219 g/mol. The third kappa shape index (κ3) is 1.94. The number of hydrogen-bond acceptors (Lipinski definition) is 2. The predicted molar refractivity (Wildman–Crippen MR) is 66.8 cm³/mol. The van der Waals surface area contributed by atoms with Gasteiger partial charge in [0.1, 0.15) is 5.75 Å². The summed E-state index contributed by atoms with van der Waals surface area (Å²) in [5.41, 5.74) is 1.48. The minimum atomic E-state index is 0.154. The van der Waals surface area contributed by atoms with Gasteiger partial charge in [-0.3, -0.25) is 0 Å². The van der Waals surface area contributed by atoms with Crippen LogP contribution in [-0.2, 0) is 5.54 Å². The first kappa shape index (κ1) is 11.5. The van der Waals surface area contributed by atoms with Crippen molar-refractivity contribution in [2.45, 2.75) is 38.1 Å².